The number of allylic oxidation sites excluding steroid dienone is 1. The first kappa shape index (κ1) is 14.4. The first-order valence-electron chi connectivity index (χ1n) is 8.47. The van der Waals surface area contributed by atoms with E-state index in [1.165, 1.54) is 57.8 Å². The van der Waals surface area contributed by atoms with Gasteiger partial charge in [-0.1, -0.05) is 36.8 Å². The summed E-state index contributed by atoms with van der Waals surface area (Å²) in [6.45, 7) is 3.80. The third-order valence-corrected chi connectivity index (χ3v) is 4.86. The van der Waals surface area contributed by atoms with Gasteiger partial charge < -0.3 is 4.74 Å². The fourth-order valence-electron chi connectivity index (χ4n) is 3.66. The smallest absolute Gasteiger partial charge is 0.120 e. The van der Waals surface area contributed by atoms with Crippen molar-refractivity contribution in [2.24, 2.45) is 0 Å². The van der Waals surface area contributed by atoms with E-state index in [9.17, 15) is 0 Å². The highest BCUT2D eigenvalue weighted by Gasteiger charge is 2.24. The molecule has 21 heavy (non-hydrogen) atoms. The van der Waals surface area contributed by atoms with E-state index in [0.717, 1.165) is 11.3 Å². The highest BCUT2D eigenvalue weighted by Crippen LogP contribution is 2.35. The molecule has 1 unspecified atom stereocenters. The molecule has 0 saturated heterocycles. The fourth-order valence-corrected chi connectivity index (χ4v) is 3.66. The summed E-state index contributed by atoms with van der Waals surface area (Å²) in [5, 5.41) is 0. The molecule has 0 aromatic heterocycles. The molecule has 0 radical (unpaired) electrons. The van der Waals surface area contributed by atoms with Gasteiger partial charge in [-0.3, -0.25) is 0 Å². The average molecular weight is 282 g/mol. The maximum Gasteiger partial charge on any atom is 0.120 e. The van der Waals surface area contributed by atoms with Crippen molar-refractivity contribution in [2.75, 3.05) is 0 Å². The van der Waals surface area contributed by atoms with Crippen LogP contribution in [0.5, 0.6) is 5.75 Å². The molecule has 1 atom stereocenters. The van der Waals surface area contributed by atoms with Crippen molar-refractivity contribution in [3.05, 3.63) is 47.6 Å². The largest absolute Gasteiger partial charge is 0.486 e. The van der Waals surface area contributed by atoms with Gasteiger partial charge >= 0.3 is 0 Å². The maximum atomic E-state index is 6.33. The Bertz CT molecular complexity index is 501. The molecule has 2 aliphatic carbocycles. The molecule has 2 fully saturated rings. The van der Waals surface area contributed by atoms with Crippen LogP contribution in [0.25, 0.3) is 6.08 Å². The summed E-state index contributed by atoms with van der Waals surface area (Å²) in [5.41, 5.74) is 4.50. The summed E-state index contributed by atoms with van der Waals surface area (Å²) in [7, 11) is 0. The predicted molar refractivity (Wildman–Crippen MR) is 89.5 cm³/mol. The zero-order valence-corrected chi connectivity index (χ0v) is 12.9. The lowest BCUT2D eigenvalue weighted by Gasteiger charge is -2.30. The molecular formula is C20H26O. The average Bonchev–Trinajstić information content (AvgIpc) is 2.57. The lowest BCUT2D eigenvalue weighted by molar-refractivity contribution is 0.200. The number of rotatable bonds is 3. The molecule has 0 N–H and O–H groups in total. The Morgan fingerprint density at radius 1 is 0.905 bits per heavy atom. The Morgan fingerprint density at radius 3 is 2.33 bits per heavy atom. The fraction of sp³-hybridized carbons (Fsp3) is 0.500. The second-order valence-corrected chi connectivity index (χ2v) is 6.31. The Balaban J connectivity index is 1.75. The third kappa shape index (κ3) is 3.58. The molecule has 1 heteroatoms. The van der Waals surface area contributed by atoms with Gasteiger partial charge in [-0.05, 0) is 74.6 Å². The number of hydrogen-bond donors (Lipinski definition) is 0. The summed E-state index contributed by atoms with van der Waals surface area (Å²) < 4.78 is 6.33. The van der Waals surface area contributed by atoms with Crippen LogP contribution in [-0.4, -0.2) is 6.10 Å². The van der Waals surface area contributed by atoms with Gasteiger partial charge in [0, 0.05) is 0 Å². The first-order valence-corrected chi connectivity index (χ1v) is 8.47. The van der Waals surface area contributed by atoms with E-state index in [2.05, 4.69) is 30.8 Å². The molecule has 3 rings (SSSR count). The van der Waals surface area contributed by atoms with Gasteiger partial charge in [0.25, 0.3) is 0 Å². The van der Waals surface area contributed by atoms with Crippen LogP contribution in [0.3, 0.4) is 0 Å². The molecule has 2 aliphatic rings. The van der Waals surface area contributed by atoms with Crippen LogP contribution >= 0.6 is 0 Å². The van der Waals surface area contributed by atoms with Gasteiger partial charge in [0.2, 0.25) is 0 Å². The molecule has 1 aromatic carbocycles. The maximum absolute atomic E-state index is 6.33. The molecule has 1 nitrogen and oxygen atoms in total. The van der Waals surface area contributed by atoms with Crippen LogP contribution in [0.2, 0.25) is 0 Å². The minimum absolute atomic E-state index is 0.321. The van der Waals surface area contributed by atoms with E-state index in [4.69, 9.17) is 4.74 Å². The highest BCUT2D eigenvalue weighted by atomic mass is 16.5. The van der Waals surface area contributed by atoms with E-state index >= 15 is 0 Å². The van der Waals surface area contributed by atoms with Crippen LogP contribution in [-0.2, 0) is 0 Å². The standard InChI is InChI=1S/C20H26O/c1-2-16-12-14-18(15-13-16)21-20-11-7-6-10-19(20)17-8-4-3-5-9-17/h2,12-15,20H,1,3-11H2. The Morgan fingerprint density at radius 2 is 1.62 bits per heavy atom. The Labute approximate surface area is 128 Å². The van der Waals surface area contributed by atoms with Crippen molar-refractivity contribution in [1.29, 1.82) is 0 Å². The second kappa shape index (κ2) is 6.98. The van der Waals surface area contributed by atoms with Gasteiger partial charge in [-0.25, -0.2) is 0 Å². The summed E-state index contributed by atoms with van der Waals surface area (Å²) >= 11 is 0. The third-order valence-electron chi connectivity index (χ3n) is 4.86. The van der Waals surface area contributed by atoms with Crippen LogP contribution in [0.1, 0.15) is 63.4 Å². The van der Waals surface area contributed by atoms with Gasteiger partial charge in [-0.2, -0.15) is 0 Å². The van der Waals surface area contributed by atoms with Crippen LogP contribution in [0.15, 0.2) is 42.0 Å². The van der Waals surface area contributed by atoms with Crippen molar-refractivity contribution in [3.63, 3.8) is 0 Å². The van der Waals surface area contributed by atoms with Gasteiger partial charge in [0.05, 0.1) is 0 Å². The lowest BCUT2D eigenvalue weighted by Crippen LogP contribution is -2.25. The van der Waals surface area contributed by atoms with E-state index in [1.54, 1.807) is 11.1 Å². The van der Waals surface area contributed by atoms with Crippen LogP contribution in [0.4, 0.5) is 0 Å². The van der Waals surface area contributed by atoms with Crippen molar-refractivity contribution in [2.45, 2.75) is 63.9 Å². The summed E-state index contributed by atoms with van der Waals surface area (Å²) in [6, 6.07) is 8.32. The SMILES string of the molecule is C=Cc1ccc(OC2CCCCC2=C2CCCCC2)cc1. The van der Waals surface area contributed by atoms with E-state index in [1.807, 2.05) is 6.08 Å². The molecule has 2 saturated carbocycles. The van der Waals surface area contributed by atoms with E-state index in [-0.39, 0.29) is 0 Å². The molecule has 0 heterocycles. The Hall–Kier alpha value is -1.50. The quantitative estimate of drug-likeness (QED) is 0.626. The van der Waals surface area contributed by atoms with Crippen LogP contribution < -0.4 is 4.74 Å². The van der Waals surface area contributed by atoms with E-state index < -0.39 is 0 Å². The monoisotopic (exact) mass is 282 g/mol. The summed E-state index contributed by atoms with van der Waals surface area (Å²) in [6.07, 6.45) is 14.0. The second-order valence-electron chi connectivity index (χ2n) is 6.31. The zero-order chi connectivity index (χ0) is 14.5. The number of ether oxygens (including phenoxy) is 1. The number of hydrogen-bond acceptors (Lipinski definition) is 1. The van der Waals surface area contributed by atoms with Crippen molar-refractivity contribution >= 4 is 6.08 Å². The molecule has 0 aliphatic heterocycles. The molecular weight excluding hydrogens is 256 g/mol. The molecule has 0 bridgehead atoms. The predicted octanol–water partition coefficient (Wildman–Crippen LogP) is 5.91. The molecule has 0 spiro atoms. The lowest BCUT2D eigenvalue weighted by atomic mass is 9.82. The summed E-state index contributed by atoms with van der Waals surface area (Å²) in [4.78, 5) is 0. The topological polar surface area (TPSA) is 9.23 Å². The van der Waals surface area contributed by atoms with Crippen molar-refractivity contribution < 1.29 is 4.74 Å². The minimum Gasteiger partial charge on any atom is -0.486 e. The first-order chi connectivity index (χ1) is 10.4. The summed E-state index contributed by atoms with van der Waals surface area (Å²) in [5.74, 6) is 1.00. The van der Waals surface area contributed by atoms with Crippen molar-refractivity contribution in [3.8, 4) is 5.75 Å². The van der Waals surface area contributed by atoms with Gasteiger partial charge in [0.15, 0.2) is 0 Å². The minimum atomic E-state index is 0.321. The van der Waals surface area contributed by atoms with Crippen molar-refractivity contribution in [1.82, 2.24) is 0 Å². The van der Waals surface area contributed by atoms with Gasteiger partial charge in [0.1, 0.15) is 11.9 Å². The number of benzene rings is 1. The normalized spacial score (nSPS) is 23.0. The Kier molecular flexibility index (Phi) is 4.80. The molecule has 1 aromatic rings. The zero-order valence-electron chi connectivity index (χ0n) is 12.9. The van der Waals surface area contributed by atoms with Crippen LogP contribution in [0, 0.1) is 0 Å². The molecule has 0 amide bonds. The van der Waals surface area contributed by atoms with E-state index in [0.29, 0.717) is 6.10 Å². The molecule has 112 valence electrons. The van der Waals surface area contributed by atoms with Gasteiger partial charge in [-0.15, -0.1) is 0 Å². The highest BCUT2D eigenvalue weighted by molar-refractivity contribution is 5.48.